The molecule has 2 rings (SSSR count). The van der Waals surface area contributed by atoms with Gasteiger partial charge in [-0.2, -0.15) is 5.10 Å². The van der Waals surface area contributed by atoms with Crippen LogP contribution in [0.4, 0.5) is 0 Å². The van der Waals surface area contributed by atoms with Crippen molar-refractivity contribution in [1.82, 2.24) is 14.8 Å². The standard InChI is InChI=1S/C11H12ClN3O/c1-2-15-7-10(5-14-15)16-8-9-3-4-13-6-11(9)12/h3-7H,2,8H2,1H3. The molecule has 0 saturated heterocycles. The Morgan fingerprint density at radius 1 is 1.44 bits per heavy atom. The van der Waals surface area contributed by atoms with Crippen molar-refractivity contribution < 1.29 is 4.74 Å². The molecule has 0 saturated carbocycles. The lowest BCUT2D eigenvalue weighted by atomic mass is 10.3. The summed E-state index contributed by atoms with van der Waals surface area (Å²) in [6, 6.07) is 1.84. The van der Waals surface area contributed by atoms with Gasteiger partial charge < -0.3 is 4.74 Å². The maximum atomic E-state index is 5.96. The summed E-state index contributed by atoms with van der Waals surface area (Å²) in [5, 5.41) is 4.73. The zero-order valence-electron chi connectivity index (χ0n) is 8.93. The van der Waals surface area contributed by atoms with E-state index >= 15 is 0 Å². The number of hydrogen-bond donors (Lipinski definition) is 0. The van der Waals surface area contributed by atoms with Crippen molar-refractivity contribution in [3.05, 3.63) is 41.4 Å². The normalized spacial score (nSPS) is 10.4. The van der Waals surface area contributed by atoms with Crippen molar-refractivity contribution in [3.8, 4) is 5.75 Å². The lowest BCUT2D eigenvalue weighted by molar-refractivity contribution is 0.305. The molecule has 0 fully saturated rings. The number of hydrogen-bond acceptors (Lipinski definition) is 3. The van der Waals surface area contributed by atoms with Gasteiger partial charge in [-0.15, -0.1) is 0 Å². The summed E-state index contributed by atoms with van der Waals surface area (Å²) in [5.74, 6) is 0.745. The molecular weight excluding hydrogens is 226 g/mol. The monoisotopic (exact) mass is 237 g/mol. The summed E-state index contributed by atoms with van der Waals surface area (Å²) < 4.78 is 7.37. The fraction of sp³-hybridized carbons (Fsp3) is 0.273. The molecule has 16 heavy (non-hydrogen) atoms. The molecule has 0 aliphatic rings. The highest BCUT2D eigenvalue weighted by molar-refractivity contribution is 6.31. The van der Waals surface area contributed by atoms with E-state index in [0.717, 1.165) is 17.9 Å². The average Bonchev–Trinajstić information content (AvgIpc) is 2.76. The second-order valence-corrected chi connectivity index (χ2v) is 3.69. The van der Waals surface area contributed by atoms with E-state index in [2.05, 4.69) is 10.1 Å². The van der Waals surface area contributed by atoms with Gasteiger partial charge in [0.15, 0.2) is 5.75 Å². The highest BCUT2D eigenvalue weighted by atomic mass is 35.5. The molecule has 0 bridgehead atoms. The van der Waals surface area contributed by atoms with Crippen LogP contribution in [0.2, 0.25) is 5.02 Å². The van der Waals surface area contributed by atoms with Crippen LogP contribution in [0.3, 0.4) is 0 Å². The molecule has 2 aromatic rings. The molecule has 84 valence electrons. The zero-order valence-corrected chi connectivity index (χ0v) is 9.68. The van der Waals surface area contributed by atoms with Crippen LogP contribution in [0, 0.1) is 0 Å². The summed E-state index contributed by atoms with van der Waals surface area (Å²) >= 11 is 5.96. The number of aromatic nitrogens is 3. The summed E-state index contributed by atoms with van der Waals surface area (Å²) in [5.41, 5.74) is 0.918. The van der Waals surface area contributed by atoms with Crippen LogP contribution in [0.1, 0.15) is 12.5 Å². The first kappa shape index (κ1) is 11.0. The van der Waals surface area contributed by atoms with Gasteiger partial charge in [0.1, 0.15) is 6.61 Å². The Labute approximate surface area is 98.8 Å². The van der Waals surface area contributed by atoms with Gasteiger partial charge in [0.2, 0.25) is 0 Å². The number of rotatable bonds is 4. The smallest absolute Gasteiger partial charge is 0.157 e. The minimum atomic E-state index is 0.427. The first-order valence-electron chi connectivity index (χ1n) is 5.03. The number of nitrogens with zero attached hydrogens (tertiary/aromatic N) is 3. The molecule has 0 N–H and O–H groups in total. The molecule has 0 atom stereocenters. The Balaban J connectivity index is 1.99. The third-order valence-corrected chi connectivity index (χ3v) is 2.52. The van der Waals surface area contributed by atoms with Crippen molar-refractivity contribution in [3.63, 3.8) is 0 Å². The fourth-order valence-corrected chi connectivity index (χ4v) is 1.45. The minimum absolute atomic E-state index is 0.427. The molecular formula is C11H12ClN3O. The SMILES string of the molecule is CCn1cc(OCc2ccncc2Cl)cn1. The molecule has 0 aliphatic heterocycles. The van der Waals surface area contributed by atoms with E-state index in [9.17, 15) is 0 Å². The third kappa shape index (κ3) is 2.52. The third-order valence-electron chi connectivity index (χ3n) is 2.18. The Morgan fingerprint density at radius 2 is 2.31 bits per heavy atom. The van der Waals surface area contributed by atoms with Gasteiger partial charge in [-0.05, 0) is 13.0 Å². The van der Waals surface area contributed by atoms with Gasteiger partial charge in [-0.1, -0.05) is 11.6 Å². The highest BCUT2D eigenvalue weighted by Gasteiger charge is 2.02. The molecule has 0 aromatic carbocycles. The van der Waals surface area contributed by atoms with E-state index in [-0.39, 0.29) is 0 Å². The van der Waals surface area contributed by atoms with Gasteiger partial charge in [0.25, 0.3) is 0 Å². The van der Waals surface area contributed by atoms with Crippen molar-refractivity contribution >= 4 is 11.6 Å². The first-order chi connectivity index (χ1) is 7.79. The molecule has 2 aromatic heterocycles. The van der Waals surface area contributed by atoms with Gasteiger partial charge in [0.05, 0.1) is 17.4 Å². The highest BCUT2D eigenvalue weighted by Crippen LogP contribution is 2.16. The van der Waals surface area contributed by atoms with Crippen LogP contribution in [-0.2, 0) is 13.2 Å². The number of aryl methyl sites for hydroxylation is 1. The van der Waals surface area contributed by atoms with Crippen LogP contribution in [0.5, 0.6) is 5.75 Å². The molecule has 0 aliphatic carbocycles. The lowest BCUT2D eigenvalue weighted by Gasteiger charge is -2.04. The zero-order chi connectivity index (χ0) is 11.4. The summed E-state index contributed by atoms with van der Waals surface area (Å²) in [6.45, 7) is 3.28. The topological polar surface area (TPSA) is 39.9 Å². The predicted molar refractivity (Wildman–Crippen MR) is 61.5 cm³/mol. The Hall–Kier alpha value is -1.55. The summed E-state index contributed by atoms with van der Waals surface area (Å²) in [7, 11) is 0. The Kier molecular flexibility index (Phi) is 3.41. The van der Waals surface area contributed by atoms with E-state index < -0.39 is 0 Å². The van der Waals surface area contributed by atoms with E-state index in [0.29, 0.717) is 11.6 Å². The average molecular weight is 238 g/mol. The van der Waals surface area contributed by atoms with Crippen LogP contribution in [0.25, 0.3) is 0 Å². The Morgan fingerprint density at radius 3 is 3.00 bits per heavy atom. The van der Waals surface area contributed by atoms with Gasteiger partial charge in [-0.3, -0.25) is 9.67 Å². The number of ether oxygens (including phenoxy) is 1. The molecule has 0 amide bonds. The number of halogens is 1. The van der Waals surface area contributed by atoms with E-state index in [1.165, 1.54) is 0 Å². The molecule has 4 nitrogen and oxygen atoms in total. The van der Waals surface area contributed by atoms with E-state index in [1.54, 1.807) is 18.6 Å². The number of pyridine rings is 1. The molecule has 5 heteroatoms. The van der Waals surface area contributed by atoms with E-state index in [1.807, 2.05) is 23.9 Å². The summed E-state index contributed by atoms with van der Waals surface area (Å²) in [4.78, 5) is 3.91. The molecule has 0 unspecified atom stereocenters. The predicted octanol–water partition coefficient (Wildman–Crippen LogP) is 2.53. The second-order valence-electron chi connectivity index (χ2n) is 3.29. The van der Waals surface area contributed by atoms with Crippen molar-refractivity contribution in [2.45, 2.75) is 20.1 Å². The van der Waals surface area contributed by atoms with Crippen LogP contribution >= 0.6 is 11.6 Å². The molecule has 2 heterocycles. The largest absolute Gasteiger partial charge is 0.486 e. The quantitative estimate of drug-likeness (QED) is 0.821. The summed E-state index contributed by atoms with van der Waals surface area (Å²) in [6.07, 6.45) is 6.85. The second kappa shape index (κ2) is 4.99. The van der Waals surface area contributed by atoms with Gasteiger partial charge in [-0.25, -0.2) is 0 Å². The molecule has 0 radical (unpaired) electrons. The van der Waals surface area contributed by atoms with Gasteiger partial charge in [0, 0.05) is 24.5 Å². The van der Waals surface area contributed by atoms with Crippen LogP contribution in [-0.4, -0.2) is 14.8 Å². The maximum Gasteiger partial charge on any atom is 0.157 e. The minimum Gasteiger partial charge on any atom is -0.486 e. The Bertz CT molecular complexity index is 470. The van der Waals surface area contributed by atoms with E-state index in [4.69, 9.17) is 16.3 Å². The fourth-order valence-electron chi connectivity index (χ4n) is 1.27. The molecule has 0 spiro atoms. The van der Waals surface area contributed by atoms with Gasteiger partial charge >= 0.3 is 0 Å². The maximum absolute atomic E-state index is 5.96. The van der Waals surface area contributed by atoms with Crippen molar-refractivity contribution in [2.75, 3.05) is 0 Å². The van der Waals surface area contributed by atoms with Crippen molar-refractivity contribution in [1.29, 1.82) is 0 Å². The van der Waals surface area contributed by atoms with Crippen LogP contribution < -0.4 is 4.74 Å². The van der Waals surface area contributed by atoms with Crippen LogP contribution in [0.15, 0.2) is 30.9 Å². The lowest BCUT2D eigenvalue weighted by Crippen LogP contribution is -1.96. The van der Waals surface area contributed by atoms with Crippen molar-refractivity contribution in [2.24, 2.45) is 0 Å². The first-order valence-corrected chi connectivity index (χ1v) is 5.41.